The van der Waals surface area contributed by atoms with Gasteiger partial charge in [0, 0.05) is 28.6 Å². The Balaban J connectivity index is 1.34. The molecule has 0 bridgehead atoms. The summed E-state index contributed by atoms with van der Waals surface area (Å²) in [5, 5.41) is 15.9. The van der Waals surface area contributed by atoms with E-state index < -0.39 is 0 Å². The van der Waals surface area contributed by atoms with E-state index in [1.807, 2.05) is 47.3 Å². The molecule has 0 aliphatic rings. The van der Waals surface area contributed by atoms with Crippen LogP contribution in [0.5, 0.6) is 0 Å². The van der Waals surface area contributed by atoms with Gasteiger partial charge in [0.15, 0.2) is 21.9 Å². The molecule has 0 amide bonds. The maximum absolute atomic E-state index is 12.3. The van der Waals surface area contributed by atoms with Gasteiger partial charge in [0.05, 0.1) is 18.0 Å². The largest absolute Gasteiger partial charge is 0.354 e. The lowest BCUT2D eigenvalue weighted by atomic mass is 10.1. The minimum Gasteiger partial charge on any atom is -0.354 e. The van der Waals surface area contributed by atoms with Crippen molar-refractivity contribution in [2.24, 2.45) is 7.05 Å². The smallest absolute Gasteiger partial charge is 0.191 e. The number of benzene rings is 2. The normalized spacial score (nSPS) is 10.9. The number of hydrogen-bond donors (Lipinski definition) is 1. The van der Waals surface area contributed by atoms with E-state index in [1.54, 1.807) is 35.6 Å². The Labute approximate surface area is 187 Å². The summed E-state index contributed by atoms with van der Waals surface area (Å²) in [6, 6.07) is 17.0. The van der Waals surface area contributed by atoms with E-state index in [0.717, 1.165) is 22.2 Å². The Morgan fingerprint density at radius 1 is 1.13 bits per heavy atom. The quantitative estimate of drug-likeness (QED) is 0.291. The summed E-state index contributed by atoms with van der Waals surface area (Å²) < 4.78 is 1.89. The summed E-state index contributed by atoms with van der Waals surface area (Å²) in [5.41, 5.74) is 2.66. The predicted molar refractivity (Wildman–Crippen MR) is 122 cm³/mol. The lowest BCUT2D eigenvalue weighted by Gasteiger charge is -2.05. The molecule has 2 aromatic heterocycles. The number of rotatable bonds is 8. The van der Waals surface area contributed by atoms with E-state index in [0.29, 0.717) is 22.3 Å². The van der Waals surface area contributed by atoms with Crippen LogP contribution in [0.2, 0.25) is 5.02 Å². The molecule has 2 aromatic carbocycles. The Kier molecular flexibility index (Phi) is 6.47. The molecular formula is C21H18ClN5OS2. The molecule has 9 heteroatoms. The monoisotopic (exact) mass is 455 g/mol. The number of anilines is 1. The predicted octanol–water partition coefficient (Wildman–Crippen LogP) is 5.18. The van der Waals surface area contributed by atoms with Crippen LogP contribution in [0.15, 0.2) is 65.1 Å². The molecule has 30 heavy (non-hydrogen) atoms. The molecule has 4 aromatic rings. The van der Waals surface area contributed by atoms with Crippen LogP contribution in [0.1, 0.15) is 16.2 Å². The van der Waals surface area contributed by atoms with Crippen molar-refractivity contribution < 1.29 is 4.79 Å². The van der Waals surface area contributed by atoms with Gasteiger partial charge >= 0.3 is 0 Å². The fourth-order valence-corrected chi connectivity index (χ4v) is 4.39. The highest BCUT2D eigenvalue weighted by molar-refractivity contribution is 7.99. The molecule has 0 spiro atoms. The number of hydrogen-bond acceptors (Lipinski definition) is 7. The van der Waals surface area contributed by atoms with Crippen LogP contribution in [0.25, 0.3) is 11.3 Å². The Hall–Kier alpha value is -2.68. The number of ketones is 1. The van der Waals surface area contributed by atoms with Gasteiger partial charge < -0.3 is 9.88 Å². The van der Waals surface area contributed by atoms with Crippen LogP contribution in [-0.4, -0.2) is 31.3 Å². The van der Waals surface area contributed by atoms with Crippen molar-refractivity contribution in [3.8, 4) is 11.3 Å². The van der Waals surface area contributed by atoms with Gasteiger partial charge in [-0.05, 0) is 24.3 Å². The Morgan fingerprint density at radius 2 is 1.90 bits per heavy atom. The van der Waals surface area contributed by atoms with Crippen LogP contribution in [0.4, 0.5) is 5.13 Å². The van der Waals surface area contributed by atoms with Gasteiger partial charge in [-0.1, -0.05) is 53.7 Å². The number of carbonyl (C=O) groups is 1. The van der Waals surface area contributed by atoms with Crippen molar-refractivity contribution >= 4 is 45.6 Å². The third-order valence-corrected chi connectivity index (χ3v) is 6.47. The van der Waals surface area contributed by atoms with Crippen molar-refractivity contribution in [2.45, 2.75) is 11.7 Å². The molecule has 152 valence electrons. The number of carbonyl (C=O) groups excluding carboxylic acids is 1. The van der Waals surface area contributed by atoms with Gasteiger partial charge in [0.25, 0.3) is 0 Å². The first-order chi connectivity index (χ1) is 14.6. The topological polar surface area (TPSA) is 72.7 Å². The van der Waals surface area contributed by atoms with E-state index in [4.69, 9.17) is 11.6 Å². The van der Waals surface area contributed by atoms with Crippen molar-refractivity contribution in [2.75, 3.05) is 11.1 Å². The maximum atomic E-state index is 12.3. The average molecular weight is 456 g/mol. The summed E-state index contributed by atoms with van der Waals surface area (Å²) in [5.74, 6) is 1.08. The second-order valence-corrected chi connectivity index (χ2v) is 8.67. The van der Waals surface area contributed by atoms with E-state index in [1.165, 1.54) is 11.8 Å². The molecule has 4 rings (SSSR count). The molecule has 0 saturated heterocycles. The van der Waals surface area contributed by atoms with Crippen LogP contribution in [0, 0.1) is 0 Å². The molecule has 2 heterocycles. The van der Waals surface area contributed by atoms with Gasteiger partial charge in [0.2, 0.25) is 0 Å². The number of thioether (sulfide) groups is 1. The molecule has 1 N–H and O–H groups in total. The second kappa shape index (κ2) is 9.42. The fourth-order valence-electron chi connectivity index (χ4n) is 2.73. The number of halogens is 1. The Morgan fingerprint density at radius 3 is 2.67 bits per heavy atom. The van der Waals surface area contributed by atoms with Crippen molar-refractivity contribution in [3.05, 3.63) is 76.4 Å². The van der Waals surface area contributed by atoms with Crippen molar-refractivity contribution in [1.82, 2.24) is 19.7 Å². The first kappa shape index (κ1) is 20.6. The molecular weight excluding hydrogens is 438 g/mol. The minimum atomic E-state index is 0.0237. The van der Waals surface area contributed by atoms with Gasteiger partial charge in [-0.25, -0.2) is 4.98 Å². The highest BCUT2D eigenvalue weighted by Crippen LogP contribution is 2.25. The molecule has 0 radical (unpaired) electrons. The van der Waals surface area contributed by atoms with E-state index in [2.05, 4.69) is 20.5 Å². The first-order valence-electron chi connectivity index (χ1n) is 9.15. The third-order valence-electron chi connectivity index (χ3n) is 4.40. The highest BCUT2D eigenvalue weighted by atomic mass is 35.5. The minimum absolute atomic E-state index is 0.0237. The second-order valence-electron chi connectivity index (χ2n) is 6.43. The highest BCUT2D eigenvalue weighted by Gasteiger charge is 2.13. The van der Waals surface area contributed by atoms with Gasteiger partial charge in [-0.3, -0.25) is 4.79 Å². The maximum Gasteiger partial charge on any atom is 0.191 e. The summed E-state index contributed by atoms with van der Waals surface area (Å²) in [6.07, 6.45) is 0. The summed E-state index contributed by atoms with van der Waals surface area (Å²) >= 11 is 8.79. The number of nitrogens with one attached hydrogen (secondary N) is 1. The lowest BCUT2D eigenvalue weighted by Crippen LogP contribution is -2.07. The zero-order valence-electron chi connectivity index (χ0n) is 16.1. The average Bonchev–Trinajstić information content (AvgIpc) is 3.38. The number of Topliss-reactive ketones (excluding diaryl/α,β-unsaturated/α-hetero) is 1. The molecule has 0 aliphatic carbocycles. The van der Waals surface area contributed by atoms with Crippen LogP contribution < -0.4 is 5.32 Å². The summed E-state index contributed by atoms with van der Waals surface area (Å²) in [6.45, 7) is 0.497. The van der Waals surface area contributed by atoms with Gasteiger partial charge in [0.1, 0.15) is 0 Å². The lowest BCUT2D eigenvalue weighted by molar-refractivity contribution is 0.102. The first-order valence-corrected chi connectivity index (χ1v) is 11.4. The van der Waals surface area contributed by atoms with E-state index in [9.17, 15) is 4.79 Å². The van der Waals surface area contributed by atoms with E-state index in [-0.39, 0.29) is 11.5 Å². The van der Waals surface area contributed by atoms with Crippen LogP contribution in [-0.2, 0) is 13.6 Å². The summed E-state index contributed by atoms with van der Waals surface area (Å²) in [4.78, 5) is 17.0. The molecule has 0 atom stereocenters. The van der Waals surface area contributed by atoms with Crippen LogP contribution >= 0.6 is 34.7 Å². The number of nitrogens with zero attached hydrogens (tertiary/aromatic N) is 4. The molecule has 0 aliphatic heterocycles. The van der Waals surface area contributed by atoms with Gasteiger partial charge in [-0.15, -0.1) is 21.5 Å². The molecule has 0 fully saturated rings. The SMILES string of the molecule is Cn1c(CNc2nc(-c3ccccc3)cs2)nnc1SCC(=O)c1ccc(Cl)cc1. The van der Waals surface area contributed by atoms with Crippen molar-refractivity contribution in [3.63, 3.8) is 0 Å². The van der Waals surface area contributed by atoms with E-state index >= 15 is 0 Å². The third kappa shape index (κ3) is 4.89. The fraction of sp³-hybridized carbons (Fsp3) is 0.143. The van der Waals surface area contributed by atoms with Gasteiger partial charge in [-0.2, -0.15) is 0 Å². The number of thiazole rings is 1. The molecule has 0 unspecified atom stereocenters. The van der Waals surface area contributed by atoms with Crippen LogP contribution in [0.3, 0.4) is 0 Å². The molecule has 0 saturated carbocycles. The standard InChI is InChI=1S/C21H18ClN5OS2/c1-27-19(11-23-20-24-17(12-29-20)14-5-3-2-4-6-14)25-26-21(27)30-13-18(28)15-7-9-16(22)10-8-15/h2-10,12H,11,13H2,1H3,(H,23,24). The molecule has 6 nitrogen and oxygen atoms in total. The number of aromatic nitrogens is 4. The summed E-state index contributed by atoms with van der Waals surface area (Å²) in [7, 11) is 1.89. The zero-order valence-corrected chi connectivity index (χ0v) is 18.5. The Bertz CT molecular complexity index is 1140. The zero-order chi connectivity index (χ0) is 20.9. The van der Waals surface area contributed by atoms with Crippen molar-refractivity contribution in [1.29, 1.82) is 0 Å².